The molecule has 0 spiro atoms. The van der Waals surface area contributed by atoms with E-state index in [2.05, 4.69) is 55.9 Å². The molecule has 1 heterocycles. The van der Waals surface area contributed by atoms with Crippen LogP contribution in [0.25, 0.3) is 0 Å². The lowest BCUT2D eigenvalue weighted by Gasteiger charge is -2.18. The molecule has 0 atom stereocenters. The van der Waals surface area contributed by atoms with Crippen molar-refractivity contribution >= 4 is 5.82 Å². The number of rotatable bonds is 9. The molecule has 1 aromatic rings. The Hall–Kier alpha value is -1.16. The van der Waals surface area contributed by atoms with Crippen LogP contribution in [0.5, 0.6) is 0 Å². The highest BCUT2D eigenvalue weighted by atomic mass is 15.1. The maximum atomic E-state index is 4.70. The van der Waals surface area contributed by atoms with Gasteiger partial charge in [0.15, 0.2) is 0 Å². The average molecular weight is 278 g/mol. The molecular formula is C16H30N4. The van der Waals surface area contributed by atoms with Crippen molar-refractivity contribution in [2.24, 2.45) is 0 Å². The molecule has 1 aromatic heterocycles. The van der Waals surface area contributed by atoms with Crippen LogP contribution in [-0.4, -0.2) is 41.0 Å². The zero-order valence-corrected chi connectivity index (χ0v) is 13.7. The predicted octanol–water partition coefficient (Wildman–Crippen LogP) is 3.31. The highest BCUT2D eigenvalue weighted by molar-refractivity contribution is 5.36. The van der Waals surface area contributed by atoms with Crippen LogP contribution in [0.15, 0.2) is 6.07 Å². The van der Waals surface area contributed by atoms with Crippen molar-refractivity contribution in [1.82, 2.24) is 14.9 Å². The Labute approximate surface area is 124 Å². The van der Waals surface area contributed by atoms with Crippen molar-refractivity contribution in [2.45, 2.75) is 53.4 Å². The van der Waals surface area contributed by atoms with E-state index in [4.69, 9.17) is 4.98 Å². The van der Waals surface area contributed by atoms with Crippen LogP contribution in [0.3, 0.4) is 0 Å². The van der Waals surface area contributed by atoms with Gasteiger partial charge in [0.2, 0.25) is 0 Å². The molecule has 0 fully saturated rings. The van der Waals surface area contributed by atoms with Gasteiger partial charge in [0.1, 0.15) is 11.6 Å². The smallest absolute Gasteiger partial charge is 0.132 e. The van der Waals surface area contributed by atoms with Crippen molar-refractivity contribution in [1.29, 1.82) is 0 Å². The van der Waals surface area contributed by atoms with Crippen molar-refractivity contribution in [3.63, 3.8) is 0 Å². The largest absolute Gasteiger partial charge is 0.370 e. The second-order valence-corrected chi connectivity index (χ2v) is 5.45. The van der Waals surface area contributed by atoms with Crippen molar-refractivity contribution in [3.05, 3.63) is 17.6 Å². The third-order valence-corrected chi connectivity index (χ3v) is 3.49. The topological polar surface area (TPSA) is 41.1 Å². The first kappa shape index (κ1) is 16.9. The molecule has 0 aliphatic carbocycles. The van der Waals surface area contributed by atoms with Gasteiger partial charge in [0, 0.05) is 31.3 Å². The van der Waals surface area contributed by atoms with Crippen LogP contribution in [0.4, 0.5) is 5.82 Å². The van der Waals surface area contributed by atoms with E-state index in [1.165, 1.54) is 0 Å². The summed E-state index contributed by atoms with van der Waals surface area (Å²) in [5.41, 5.74) is 1.13. The zero-order chi connectivity index (χ0) is 15.0. The van der Waals surface area contributed by atoms with Crippen LogP contribution < -0.4 is 5.32 Å². The third kappa shape index (κ3) is 5.45. The average Bonchev–Trinajstić information content (AvgIpc) is 2.46. The van der Waals surface area contributed by atoms with Crippen LogP contribution in [0, 0.1) is 0 Å². The van der Waals surface area contributed by atoms with Crippen LogP contribution in [0.1, 0.15) is 58.5 Å². The van der Waals surface area contributed by atoms with E-state index in [0.717, 1.165) is 56.4 Å². The Morgan fingerprint density at radius 2 is 1.85 bits per heavy atom. The van der Waals surface area contributed by atoms with E-state index in [0.29, 0.717) is 5.92 Å². The Morgan fingerprint density at radius 1 is 1.15 bits per heavy atom. The van der Waals surface area contributed by atoms with Gasteiger partial charge in [-0.1, -0.05) is 34.6 Å². The number of likely N-dealkylation sites (N-methyl/N-ethyl adjacent to an activating group) is 1. The summed E-state index contributed by atoms with van der Waals surface area (Å²) in [5, 5.41) is 3.38. The SMILES string of the molecule is CCCNc1cc(C(C)C)nc(CCN(CC)CC)n1. The molecule has 0 saturated heterocycles. The summed E-state index contributed by atoms with van der Waals surface area (Å²) in [6.45, 7) is 15.1. The number of hydrogen-bond acceptors (Lipinski definition) is 4. The fraction of sp³-hybridized carbons (Fsp3) is 0.750. The molecule has 0 radical (unpaired) electrons. The molecule has 0 unspecified atom stereocenters. The Bertz CT molecular complexity index is 386. The molecule has 4 nitrogen and oxygen atoms in total. The number of aromatic nitrogens is 2. The van der Waals surface area contributed by atoms with Gasteiger partial charge in [-0.15, -0.1) is 0 Å². The molecule has 0 amide bonds. The first-order valence-corrected chi connectivity index (χ1v) is 7.94. The van der Waals surface area contributed by atoms with E-state index in [-0.39, 0.29) is 0 Å². The summed E-state index contributed by atoms with van der Waals surface area (Å²) in [7, 11) is 0. The fourth-order valence-corrected chi connectivity index (χ4v) is 2.07. The Kier molecular flexibility index (Phi) is 7.52. The molecule has 114 valence electrons. The first-order valence-electron chi connectivity index (χ1n) is 7.94. The maximum Gasteiger partial charge on any atom is 0.132 e. The molecule has 20 heavy (non-hydrogen) atoms. The van der Waals surface area contributed by atoms with E-state index in [1.807, 2.05) is 0 Å². The van der Waals surface area contributed by atoms with Gasteiger partial charge in [0.25, 0.3) is 0 Å². The van der Waals surface area contributed by atoms with Gasteiger partial charge in [-0.25, -0.2) is 9.97 Å². The highest BCUT2D eigenvalue weighted by Gasteiger charge is 2.09. The van der Waals surface area contributed by atoms with E-state index in [1.54, 1.807) is 0 Å². The minimum atomic E-state index is 0.437. The van der Waals surface area contributed by atoms with E-state index < -0.39 is 0 Å². The van der Waals surface area contributed by atoms with Crippen molar-refractivity contribution in [2.75, 3.05) is 31.5 Å². The summed E-state index contributed by atoms with van der Waals surface area (Å²) in [6.07, 6.45) is 2.03. The molecule has 0 aliphatic heterocycles. The molecule has 4 heteroatoms. The standard InChI is InChI=1S/C16H30N4/c1-6-10-17-16-12-14(13(4)5)18-15(19-16)9-11-20(7-2)8-3/h12-13H,6-11H2,1-5H3,(H,17,18,19). The molecule has 1 rings (SSSR count). The normalized spacial score (nSPS) is 11.3. The minimum absolute atomic E-state index is 0.437. The minimum Gasteiger partial charge on any atom is -0.370 e. The summed E-state index contributed by atoms with van der Waals surface area (Å²) >= 11 is 0. The van der Waals surface area contributed by atoms with Gasteiger partial charge in [-0.3, -0.25) is 0 Å². The molecule has 0 bridgehead atoms. The summed E-state index contributed by atoms with van der Waals surface area (Å²) in [5.74, 6) is 2.37. The summed E-state index contributed by atoms with van der Waals surface area (Å²) in [6, 6.07) is 2.08. The highest BCUT2D eigenvalue weighted by Crippen LogP contribution is 2.16. The van der Waals surface area contributed by atoms with E-state index in [9.17, 15) is 0 Å². The van der Waals surface area contributed by atoms with E-state index >= 15 is 0 Å². The monoisotopic (exact) mass is 278 g/mol. The fourth-order valence-electron chi connectivity index (χ4n) is 2.07. The molecular weight excluding hydrogens is 248 g/mol. The Balaban J connectivity index is 2.79. The summed E-state index contributed by atoms with van der Waals surface area (Å²) in [4.78, 5) is 11.8. The van der Waals surface area contributed by atoms with Crippen molar-refractivity contribution < 1.29 is 0 Å². The Morgan fingerprint density at radius 3 is 2.40 bits per heavy atom. The molecule has 0 aromatic carbocycles. The van der Waals surface area contributed by atoms with Crippen LogP contribution >= 0.6 is 0 Å². The van der Waals surface area contributed by atoms with Crippen molar-refractivity contribution in [3.8, 4) is 0 Å². The van der Waals surface area contributed by atoms with Gasteiger partial charge < -0.3 is 10.2 Å². The third-order valence-electron chi connectivity index (χ3n) is 3.49. The lowest BCUT2D eigenvalue weighted by Crippen LogP contribution is -2.26. The van der Waals surface area contributed by atoms with Gasteiger partial charge in [-0.2, -0.15) is 0 Å². The summed E-state index contributed by atoms with van der Waals surface area (Å²) < 4.78 is 0. The van der Waals surface area contributed by atoms with Gasteiger partial charge >= 0.3 is 0 Å². The zero-order valence-electron chi connectivity index (χ0n) is 13.7. The molecule has 0 saturated carbocycles. The predicted molar refractivity (Wildman–Crippen MR) is 86.4 cm³/mol. The maximum absolute atomic E-state index is 4.70. The quantitative estimate of drug-likeness (QED) is 0.752. The lowest BCUT2D eigenvalue weighted by atomic mass is 10.1. The second-order valence-electron chi connectivity index (χ2n) is 5.45. The molecule has 1 N–H and O–H groups in total. The number of nitrogens with one attached hydrogen (secondary N) is 1. The number of nitrogens with zero attached hydrogens (tertiary/aromatic N) is 3. The van der Waals surface area contributed by atoms with Crippen LogP contribution in [0.2, 0.25) is 0 Å². The van der Waals surface area contributed by atoms with Gasteiger partial charge in [0.05, 0.1) is 0 Å². The van der Waals surface area contributed by atoms with Crippen LogP contribution in [-0.2, 0) is 6.42 Å². The first-order chi connectivity index (χ1) is 9.60. The second kappa shape index (κ2) is 8.90. The molecule has 0 aliphatic rings. The number of anilines is 1. The lowest BCUT2D eigenvalue weighted by molar-refractivity contribution is 0.305. The van der Waals surface area contributed by atoms with Gasteiger partial charge in [-0.05, 0) is 25.4 Å². The number of hydrogen-bond donors (Lipinski definition) is 1.